The van der Waals surface area contributed by atoms with Crippen LogP contribution in [-0.4, -0.2) is 41.2 Å². The Labute approximate surface area is 163 Å². The highest BCUT2D eigenvalue weighted by atomic mass is 32.2. The maximum Gasteiger partial charge on any atom is 0.249 e. The molecule has 0 aliphatic rings. The van der Waals surface area contributed by atoms with Gasteiger partial charge in [0.15, 0.2) is 10.8 Å². The fourth-order valence-corrected chi connectivity index (χ4v) is 3.18. The smallest absolute Gasteiger partial charge is 0.249 e. The van der Waals surface area contributed by atoms with Gasteiger partial charge in [0.25, 0.3) is 0 Å². The third-order valence-electron chi connectivity index (χ3n) is 3.82. The Morgan fingerprint density at radius 1 is 1.18 bits per heavy atom. The summed E-state index contributed by atoms with van der Waals surface area (Å²) in [6.45, 7) is 1.74. The van der Waals surface area contributed by atoms with Crippen LogP contribution in [0.2, 0.25) is 0 Å². The highest BCUT2D eigenvalue weighted by Crippen LogP contribution is 2.23. The topological polar surface area (TPSA) is 98.0 Å². The number of nitrogens with zero attached hydrogens (tertiary/aromatic N) is 6. The average molecular weight is 395 g/mol. The second-order valence-corrected chi connectivity index (χ2v) is 6.73. The second kappa shape index (κ2) is 7.69. The number of halogens is 1. The molecule has 0 aromatic carbocycles. The standard InChI is InChI=1S/C18H14FN7OS/c1-11-13(4-5-14(19)22-11)12-3-6-15-23-17(25-26(15)9-12)24-16(27)10-28-18-20-7-2-8-21-18/h2-9H,10H2,1H3,(H,24,25,27). The summed E-state index contributed by atoms with van der Waals surface area (Å²) in [7, 11) is 0. The first-order valence-electron chi connectivity index (χ1n) is 8.28. The van der Waals surface area contributed by atoms with Gasteiger partial charge in [0.2, 0.25) is 17.8 Å². The van der Waals surface area contributed by atoms with Crippen LogP contribution in [0.15, 0.2) is 54.1 Å². The van der Waals surface area contributed by atoms with Gasteiger partial charge in [-0.25, -0.2) is 19.5 Å². The lowest BCUT2D eigenvalue weighted by Gasteiger charge is -2.05. The fourth-order valence-electron chi connectivity index (χ4n) is 2.58. The van der Waals surface area contributed by atoms with Gasteiger partial charge >= 0.3 is 0 Å². The molecule has 10 heteroatoms. The number of fused-ring (bicyclic) bond motifs is 1. The van der Waals surface area contributed by atoms with Crippen LogP contribution in [0.5, 0.6) is 0 Å². The summed E-state index contributed by atoms with van der Waals surface area (Å²) in [6, 6.07) is 8.31. The molecule has 0 bridgehead atoms. The number of pyridine rings is 2. The Morgan fingerprint density at radius 2 is 2.00 bits per heavy atom. The number of carbonyl (C=O) groups excluding carboxylic acids is 1. The molecule has 0 aliphatic heterocycles. The number of anilines is 1. The van der Waals surface area contributed by atoms with Crippen LogP contribution in [0.3, 0.4) is 0 Å². The highest BCUT2D eigenvalue weighted by molar-refractivity contribution is 7.99. The number of aromatic nitrogens is 6. The number of carbonyl (C=O) groups is 1. The Kier molecular flexibility index (Phi) is 4.94. The zero-order chi connectivity index (χ0) is 19.5. The molecule has 0 radical (unpaired) electrons. The van der Waals surface area contributed by atoms with Gasteiger partial charge in [0.1, 0.15) is 0 Å². The zero-order valence-electron chi connectivity index (χ0n) is 14.7. The molecule has 0 atom stereocenters. The Bertz CT molecular complexity index is 1150. The van der Waals surface area contributed by atoms with E-state index in [1.165, 1.54) is 17.8 Å². The van der Waals surface area contributed by atoms with E-state index in [0.717, 1.165) is 11.1 Å². The Morgan fingerprint density at radius 3 is 2.79 bits per heavy atom. The minimum atomic E-state index is -0.521. The Hall–Kier alpha value is -3.40. The van der Waals surface area contributed by atoms with Crippen LogP contribution in [-0.2, 0) is 4.79 Å². The first kappa shape index (κ1) is 18.0. The van der Waals surface area contributed by atoms with Crippen molar-refractivity contribution in [3.05, 3.63) is 60.6 Å². The quantitative estimate of drug-likeness (QED) is 0.315. The van der Waals surface area contributed by atoms with Gasteiger partial charge in [-0.3, -0.25) is 10.1 Å². The predicted molar refractivity (Wildman–Crippen MR) is 102 cm³/mol. The van der Waals surface area contributed by atoms with Gasteiger partial charge in [-0.05, 0) is 37.3 Å². The molecule has 0 saturated carbocycles. The van der Waals surface area contributed by atoms with Crippen molar-refractivity contribution in [1.82, 2.24) is 29.5 Å². The number of amides is 1. The van der Waals surface area contributed by atoms with E-state index >= 15 is 0 Å². The molecule has 0 saturated heterocycles. The van der Waals surface area contributed by atoms with Crippen LogP contribution >= 0.6 is 11.8 Å². The fraction of sp³-hybridized carbons (Fsp3) is 0.111. The molecule has 0 spiro atoms. The van der Waals surface area contributed by atoms with Gasteiger partial charge in [0.05, 0.1) is 5.75 Å². The van der Waals surface area contributed by atoms with Crippen LogP contribution in [0, 0.1) is 12.9 Å². The second-order valence-electron chi connectivity index (χ2n) is 5.79. The third kappa shape index (κ3) is 3.96. The number of hydrogen-bond acceptors (Lipinski definition) is 7. The zero-order valence-corrected chi connectivity index (χ0v) is 15.5. The van der Waals surface area contributed by atoms with Crippen molar-refractivity contribution in [2.75, 3.05) is 11.1 Å². The van der Waals surface area contributed by atoms with Gasteiger partial charge in [0, 0.05) is 35.4 Å². The minimum absolute atomic E-state index is 0.144. The molecule has 4 aromatic rings. The van der Waals surface area contributed by atoms with Gasteiger partial charge in [-0.15, -0.1) is 5.10 Å². The predicted octanol–water partition coefficient (Wildman–Crippen LogP) is 2.76. The molecule has 140 valence electrons. The lowest BCUT2D eigenvalue weighted by atomic mass is 10.1. The molecule has 0 unspecified atom stereocenters. The molecular weight excluding hydrogens is 381 g/mol. The molecule has 4 aromatic heterocycles. The lowest BCUT2D eigenvalue weighted by molar-refractivity contribution is -0.113. The van der Waals surface area contributed by atoms with Crippen molar-refractivity contribution < 1.29 is 9.18 Å². The minimum Gasteiger partial charge on any atom is -0.292 e. The van der Waals surface area contributed by atoms with E-state index in [0.29, 0.717) is 16.5 Å². The van der Waals surface area contributed by atoms with E-state index in [-0.39, 0.29) is 17.6 Å². The van der Waals surface area contributed by atoms with Crippen molar-refractivity contribution in [3.63, 3.8) is 0 Å². The molecule has 0 fully saturated rings. The van der Waals surface area contributed by atoms with Gasteiger partial charge in [-0.2, -0.15) is 9.37 Å². The SMILES string of the molecule is Cc1nc(F)ccc1-c1ccc2nc(NC(=O)CSc3ncccn3)nn2c1. The van der Waals surface area contributed by atoms with Crippen molar-refractivity contribution in [1.29, 1.82) is 0 Å². The molecule has 1 N–H and O–H groups in total. The summed E-state index contributed by atoms with van der Waals surface area (Å²) in [5.74, 6) is -0.435. The van der Waals surface area contributed by atoms with Crippen LogP contribution < -0.4 is 5.32 Å². The highest BCUT2D eigenvalue weighted by Gasteiger charge is 2.11. The summed E-state index contributed by atoms with van der Waals surface area (Å²) in [6.07, 6.45) is 4.99. The van der Waals surface area contributed by atoms with Gasteiger partial charge in [-0.1, -0.05) is 11.8 Å². The summed E-state index contributed by atoms with van der Waals surface area (Å²) >= 11 is 1.22. The van der Waals surface area contributed by atoms with E-state index in [9.17, 15) is 9.18 Å². The van der Waals surface area contributed by atoms with Crippen LogP contribution in [0.1, 0.15) is 5.69 Å². The van der Waals surface area contributed by atoms with Crippen LogP contribution in [0.4, 0.5) is 10.3 Å². The first-order valence-corrected chi connectivity index (χ1v) is 9.27. The third-order valence-corrected chi connectivity index (χ3v) is 4.70. The number of nitrogens with one attached hydrogen (secondary N) is 1. The maximum atomic E-state index is 13.2. The lowest BCUT2D eigenvalue weighted by Crippen LogP contribution is -2.15. The van der Waals surface area contributed by atoms with Crippen molar-refractivity contribution in [2.45, 2.75) is 12.1 Å². The van der Waals surface area contributed by atoms with E-state index in [2.05, 4.69) is 30.4 Å². The molecule has 0 aliphatic carbocycles. The van der Waals surface area contributed by atoms with Gasteiger partial charge < -0.3 is 0 Å². The molecule has 4 heterocycles. The molecular formula is C18H14FN7OS. The number of aryl methyl sites for hydroxylation is 1. The first-order chi connectivity index (χ1) is 13.6. The normalized spacial score (nSPS) is 10.9. The van der Waals surface area contributed by atoms with Crippen molar-refractivity contribution in [2.24, 2.45) is 0 Å². The Balaban J connectivity index is 1.49. The van der Waals surface area contributed by atoms with E-state index in [1.54, 1.807) is 48.2 Å². The summed E-state index contributed by atoms with van der Waals surface area (Å²) in [5, 5.41) is 7.46. The van der Waals surface area contributed by atoms with Crippen molar-refractivity contribution in [3.8, 4) is 11.1 Å². The molecule has 4 rings (SSSR count). The summed E-state index contributed by atoms with van der Waals surface area (Å²) in [4.78, 5) is 28.3. The monoisotopic (exact) mass is 395 g/mol. The molecule has 1 amide bonds. The number of rotatable bonds is 5. The maximum absolute atomic E-state index is 13.2. The molecule has 8 nitrogen and oxygen atoms in total. The number of thioether (sulfide) groups is 1. The molecule has 28 heavy (non-hydrogen) atoms. The van der Waals surface area contributed by atoms with Crippen LogP contribution in [0.25, 0.3) is 16.8 Å². The average Bonchev–Trinajstić information content (AvgIpc) is 3.08. The summed E-state index contributed by atoms with van der Waals surface area (Å²) in [5.41, 5.74) is 2.76. The van der Waals surface area contributed by atoms with E-state index in [1.807, 2.05) is 6.07 Å². The largest absolute Gasteiger partial charge is 0.292 e. The number of hydrogen-bond donors (Lipinski definition) is 1. The van der Waals surface area contributed by atoms with Crippen molar-refractivity contribution >= 4 is 29.3 Å². The van der Waals surface area contributed by atoms with E-state index < -0.39 is 5.95 Å². The van der Waals surface area contributed by atoms with E-state index in [4.69, 9.17) is 0 Å². The summed E-state index contributed by atoms with van der Waals surface area (Å²) < 4.78 is 14.8.